The molecule has 0 bridgehead atoms. The van der Waals surface area contributed by atoms with Gasteiger partial charge in [0.25, 0.3) is 5.56 Å². The predicted octanol–water partition coefficient (Wildman–Crippen LogP) is 0.622. The molecule has 25 heavy (non-hydrogen) atoms. The highest BCUT2D eigenvalue weighted by Crippen LogP contribution is 2.35. The number of imidazole rings is 1. The number of fused-ring (bicyclic) bond motifs is 1. The molecule has 0 saturated carbocycles. The standard InChI is InChI=1S/C17H16N6O2/c1-3-17(2)4-6-22(10-17)13-8-12(21-23-7-5-18-14(13)23)11-9-19-16(25)20-15(11)24/h1,5,7-9H,4,6,10H2,2H3,(H2,19,20,24,25). The monoisotopic (exact) mass is 336 g/mol. The molecule has 0 spiro atoms. The van der Waals surface area contributed by atoms with Crippen LogP contribution in [-0.2, 0) is 0 Å². The highest BCUT2D eigenvalue weighted by Gasteiger charge is 2.33. The number of rotatable bonds is 2. The summed E-state index contributed by atoms with van der Waals surface area (Å²) in [5.41, 5.74) is 1.06. The lowest BCUT2D eigenvalue weighted by molar-refractivity contribution is 0.510. The second-order valence-corrected chi connectivity index (χ2v) is 6.47. The highest BCUT2D eigenvalue weighted by molar-refractivity contribution is 5.74. The third kappa shape index (κ3) is 2.50. The zero-order chi connectivity index (χ0) is 17.6. The Morgan fingerprint density at radius 3 is 2.96 bits per heavy atom. The van der Waals surface area contributed by atoms with E-state index in [0.717, 1.165) is 18.7 Å². The molecule has 8 heteroatoms. The van der Waals surface area contributed by atoms with Crippen LogP contribution >= 0.6 is 0 Å². The third-order valence-electron chi connectivity index (χ3n) is 4.60. The summed E-state index contributed by atoms with van der Waals surface area (Å²) in [7, 11) is 0. The Bertz CT molecular complexity index is 1120. The molecule has 0 aromatic carbocycles. The quantitative estimate of drug-likeness (QED) is 0.669. The number of terminal acetylenes is 1. The van der Waals surface area contributed by atoms with Crippen LogP contribution in [0.15, 0.2) is 34.2 Å². The van der Waals surface area contributed by atoms with E-state index in [1.165, 1.54) is 6.20 Å². The van der Waals surface area contributed by atoms with Gasteiger partial charge in [0.2, 0.25) is 0 Å². The molecule has 3 aromatic rings. The van der Waals surface area contributed by atoms with Crippen LogP contribution in [0.4, 0.5) is 5.69 Å². The first kappa shape index (κ1) is 15.2. The number of nitrogens with zero attached hydrogens (tertiary/aromatic N) is 4. The van der Waals surface area contributed by atoms with Gasteiger partial charge in [-0.05, 0) is 19.4 Å². The first-order valence-corrected chi connectivity index (χ1v) is 7.89. The van der Waals surface area contributed by atoms with Gasteiger partial charge in [-0.1, -0.05) is 5.92 Å². The van der Waals surface area contributed by atoms with E-state index in [1.54, 1.807) is 16.9 Å². The minimum Gasteiger partial charge on any atom is -0.367 e. The average Bonchev–Trinajstić information content (AvgIpc) is 3.21. The highest BCUT2D eigenvalue weighted by atomic mass is 16.2. The van der Waals surface area contributed by atoms with Crippen molar-refractivity contribution in [3.63, 3.8) is 0 Å². The molecule has 1 saturated heterocycles. The maximum Gasteiger partial charge on any atom is 0.325 e. The first-order valence-electron chi connectivity index (χ1n) is 7.89. The van der Waals surface area contributed by atoms with Gasteiger partial charge in [0, 0.05) is 37.1 Å². The van der Waals surface area contributed by atoms with Gasteiger partial charge in [-0.25, -0.2) is 14.3 Å². The van der Waals surface area contributed by atoms with E-state index in [2.05, 4.69) is 37.8 Å². The van der Waals surface area contributed by atoms with E-state index in [4.69, 9.17) is 6.42 Å². The van der Waals surface area contributed by atoms with Gasteiger partial charge in [-0.15, -0.1) is 6.42 Å². The molecule has 3 aromatic heterocycles. The van der Waals surface area contributed by atoms with Gasteiger partial charge in [-0.3, -0.25) is 9.78 Å². The van der Waals surface area contributed by atoms with Crippen molar-refractivity contribution in [3.8, 4) is 23.6 Å². The Morgan fingerprint density at radius 2 is 2.24 bits per heavy atom. The molecule has 0 radical (unpaired) electrons. The van der Waals surface area contributed by atoms with Gasteiger partial charge >= 0.3 is 5.69 Å². The maximum absolute atomic E-state index is 12.1. The lowest BCUT2D eigenvalue weighted by Gasteiger charge is -2.21. The van der Waals surface area contributed by atoms with Crippen molar-refractivity contribution in [2.24, 2.45) is 5.41 Å². The number of nitrogens with one attached hydrogen (secondary N) is 2. The maximum atomic E-state index is 12.1. The van der Waals surface area contributed by atoms with Crippen molar-refractivity contribution >= 4 is 11.3 Å². The van der Waals surface area contributed by atoms with Gasteiger partial charge in [0.1, 0.15) is 5.69 Å². The van der Waals surface area contributed by atoms with Crippen LogP contribution in [0.5, 0.6) is 0 Å². The Hall–Kier alpha value is -3.34. The van der Waals surface area contributed by atoms with Crippen molar-refractivity contribution in [1.82, 2.24) is 24.6 Å². The molecule has 4 heterocycles. The summed E-state index contributed by atoms with van der Waals surface area (Å²) in [6.45, 7) is 3.57. The summed E-state index contributed by atoms with van der Waals surface area (Å²) in [5, 5.41) is 4.43. The Balaban J connectivity index is 1.88. The van der Waals surface area contributed by atoms with Crippen LogP contribution in [0.1, 0.15) is 13.3 Å². The lowest BCUT2D eigenvalue weighted by atomic mass is 9.91. The van der Waals surface area contributed by atoms with Crippen molar-refractivity contribution < 1.29 is 0 Å². The zero-order valence-corrected chi connectivity index (χ0v) is 13.6. The summed E-state index contributed by atoms with van der Waals surface area (Å²) in [6, 6.07) is 1.81. The van der Waals surface area contributed by atoms with E-state index in [1.807, 2.05) is 6.07 Å². The molecule has 1 fully saturated rings. The van der Waals surface area contributed by atoms with E-state index in [9.17, 15) is 9.59 Å². The first-order chi connectivity index (χ1) is 12.0. The van der Waals surface area contributed by atoms with Crippen molar-refractivity contribution in [3.05, 3.63) is 45.5 Å². The van der Waals surface area contributed by atoms with Crippen LogP contribution in [0.3, 0.4) is 0 Å². The molecular weight excluding hydrogens is 320 g/mol. The van der Waals surface area contributed by atoms with Gasteiger partial charge < -0.3 is 9.88 Å². The zero-order valence-electron chi connectivity index (χ0n) is 13.6. The van der Waals surface area contributed by atoms with Crippen molar-refractivity contribution in [2.45, 2.75) is 13.3 Å². The molecular formula is C17H16N6O2. The summed E-state index contributed by atoms with van der Waals surface area (Å²) in [4.78, 5) is 34.6. The van der Waals surface area contributed by atoms with Crippen molar-refractivity contribution in [1.29, 1.82) is 0 Å². The molecule has 4 rings (SSSR count). The second-order valence-electron chi connectivity index (χ2n) is 6.47. The van der Waals surface area contributed by atoms with Crippen LogP contribution < -0.4 is 16.1 Å². The summed E-state index contributed by atoms with van der Waals surface area (Å²) < 4.78 is 1.63. The second kappa shape index (κ2) is 5.34. The van der Waals surface area contributed by atoms with Crippen LogP contribution in [0.2, 0.25) is 0 Å². The van der Waals surface area contributed by atoms with Crippen molar-refractivity contribution in [2.75, 3.05) is 18.0 Å². The largest absolute Gasteiger partial charge is 0.367 e. The SMILES string of the molecule is C#CC1(C)CCN(c2cc(-c3c[nH]c(=O)[nH]c3=O)nn3ccnc23)C1. The Kier molecular flexibility index (Phi) is 3.25. The number of hydrogen-bond donors (Lipinski definition) is 2. The normalized spacial score (nSPS) is 20.1. The summed E-state index contributed by atoms with van der Waals surface area (Å²) in [5.74, 6) is 2.86. The van der Waals surface area contributed by atoms with E-state index in [-0.39, 0.29) is 11.0 Å². The number of aromatic amines is 2. The molecule has 0 amide bonds. The fourth-order valence-electron chi connectivity index (χ4n) is 3.15. The molecule has 0 aliphatic carbocycles. The summed E-state index contributed by atoms with van der Waals surface area (Å²) >= 11 is 0. The van der Waals surface area contributed by atoms with E-state index < -0.39 is 11.2 Å². The molecule has 1 aliphatic heterocycles. The molecule has 1 atom stereocenters. The van der Waals surface area contributed by atoms with E-state index in [0.29, 0.717) is 17.9 Å². The molecule has 2 N–H and O–H groups in total. The number of H-pyrrole nitrogens is 2. The molecule has 8 nitrogen and oxygen atoms in total. The molecule has 1 unspecified atom stereocenters. The van der Waals surface area contributed by atoms with Gasteiger partial charge in [0.05, 0.1) is 11.3 Å². The number of hydrogen-bond acceptors (Lipinski definition) is 5. The van der Waals surface area contributed by atoms with Gasteiger partial charge in [-0.2, -0.15) is 5.10 Å². The predicted molar refractivity (Wildman–Crippen MR) is 93.4 cm³/mol. The topological polar surface area (TPSA) is 99.2 Å². The summed E-state index contributed by atoms with van der Waals surface area (Å²) in [6.07, 6.45) is 11.3. The van der Waals surface area contributed by atoms with Crippen LogP contribution in [0, 0.1) is 17.8 Å². The number of aromatic nitrogens is 5. The fourth-order valence-corrected chi connectivity index (χ4v) is 3.15. The van der Waals surface area contributed by atoms with Crippen LogP contribution in [-0.4, -0.2) is 37.7 Å². The molecule has 1 aliphatic rings. The van der Waals surface area contributed by atoms with E-state index >= 15 is 0 Å². The lowest BCUT2D eigenvalue weighted by Crippen LogP contribution is -2.25. The average molecular weight is 336 g/mol. The third-order valence-corrected chi connectivity index (χ3v) is 4.60. The Labute approximate surface area is 142 Å². The van der Waals surface area contributed by atoms with Gasteiger partial charge in [0.15, 0.2) is 5.65 Å². The number of anilines is 1. The smallest absolute Gasteiger partial charge is 0.325 e. The Morgan fingerprint density at radius 1 is 1.40 bits per heavy atom. The van der Waals surface area contributed by atoms with Crippen LogP contribution in [0.25, 0.3) is 16.9 Å². The minimum absolute atomic E-state index is 0.192. The minimum atomic E-state index is -0.554. The fraction of sp³-hybridized carbons (Fsp3) is 0.294. The molecule has 126 valence electrons.